The molecule has 3 rings (SSSR count). The van der Waals surface area contributed by atoms with E-state index in [-0.39, 0.29) is 0 Å². The van der Waals surface area contributed by atoms with Gasteiger partial charge >= 0.3 is 0 Å². The third kappa shape index (κ3) is 2.93. The first-order valence-electron chi connectivity index (χ1n) is 7.41. The first kappa shape index (κ1) is 12.2. The zero-order valence-electron chi connectivity index (χ0n) is 11.1. The van der Waals surface area contributed by atoms with E-state index in [1.54, 1.807) is 0 Å². The first-order chi connectivity index (χ1) is 8.92. The highest BCUT2D eigenvalue weighted by Crippen LogP contribution is 2.26. The van der Waals surface area contributed by atoms with Gasteiger partial charge in [0.05, 0.1) is 0 Å². The Morgan fingerprint density at radius 3 is 2.89 bits per heavy atom. The number of likely N-dealkylation sites (tertiary alicyclic amines) is 1. The summed E-state index contributed by atoms with van der Waals surface area (Å²) in [6, 6.07) is 11.6. The van der Waals surface area contributed by atoms with Crippen molar-refractivity contribution >= 4 is 0 Å². The molecule has 2 heterocycles. The van der Waals surface area contributed by atoms with Crippen LogP contribution in [0.4, 0.5) is 0 Å². The second-order valence-electron chi connectivity index (χ2n) is 5.83. The third-order valence-corrected chi connectivity index (χ3v) is 4.50. The molecule has 1 aromatic rings. The summed E-state index contributed by atoms with van der Waals surface area (Å²) in [5.74, 6) is 0.930. The molecule has 0 aliphatic carbocycles. The molecule has 0 bridgehead atoms. The molecule has 2 nitrogen and oxygen atoms in total. The lowest BCUT2D eigenvalue weighted by Crippen LogP contribution is -2.49. The maximum Gasteiger partial charge on any atom is 0.0234 e. The Morgan fingerprint density at radius 1 is 1.11 bits per heavy atom. The van der Waals surface area contributed by atoms with Crippen molar-refractivity contribution in [3.05, 3.63) is 35.9 Å². The molecule has 0 spiro atoms. The van der Waals surface area contributed by atoms with E-state index >= 15 is 0 Å². The van der Waals surface area contributed by atoms with E-state index in [9.17, 15) is 0 Å². The van der Waals surface area contributed by atoms with Crippen LogP contribution < -0.4 is 5.32 Å². The van der Waals surface area contributed by atoms with E-state index in [1.807, 2.05) is 0 Å². The number of benzene rings is 1. The zero-order valence-corrected chi connectivity index (χ0v) is 11.1. The maximum atomic E-state index is 3.76. The zero-order chi connectivity index (χ0) is 12.2. The number of piperidine rings is 1. The van der Waals surface area contributed by atoms with Crippen LogP contribution in [-0.2, 0) is 6.54 Å². The van der Waals surface area contributed by atoms with Crippen LogP contribution >= 0.6 is 0 Å². The number of nitrogens with one attached hydrogen (secondary N) is 1. The van der Waals surface area contributed by atoms with Crippen molar-refractivity contribution in [3.63, 3.8) is 0 Å². The van der Waals surface area contributed by atoms with Gasteiger partial charge in [-0.3, -0.25) is 4.90 Å². The molecule has 0 radical (unpaired) electrons. The summed E-state index contributed by atoms with van der Waals surface area (Å²) in [6.45, 7) is 4.85. The average Bonchev–Trinajstić information content (AvgIpc) is 2.64. The number of rotatable bonds is 2. The largest absolute Gasteiger partial charge is 0.312 e. The molecule has 98 valence electrons. The fourth-order valence-electron chi connectivity index (χ4n) is 3.45. The minimum absolute atomic E-state index is 0.741. The SMILES string of the molecule is c1ccc(CN2CCC3CCCCNC3C2)cc1. The van der Waals surface area contributed by atoms with Crippen molar-refractivity contribution in [1.82, 2.24) is 10.2 Å². The Labute approximate surface area is 110 Å². The summed E-state index contributed by atoms with van der Waals surface area (Å²) in [5.41, 5.74) is 1.45. The van der Waals surface area contributed by atoms with Crippen molar-refractivity contribution < 1.29 is 0 Å². The molecule has 2 aliphatic heterocycles. The molecular formula is C16H24N2. The van der Waals surface area contributed by atoms with E-state index in [2.05, 4.69) is 40.5 Å². The predicted octanol–water partition coefficient (Wildman–Crippen LogP) is 2.65. The van der Waals surface area contributed by atoms with Crippen LogP contribution in [0.2, 0.25) is 0 Å². The molecule has 2 unspecified atom stereocenters. The van der Waals surface area contributed by atoms with Gasteiger partial charge in [0, 0.05) is 19.1 Å². The molecule has 0 saturated carbocycles. The van der Waals surface area contributed by atoms with Gasteiger partial charge in [0.1, 0.15) is 0 Å². The molecule has 1 aromatic carbocycles. The van der Waals surface area contributed by atoms with Crippen LogP contribution in [0.5, 0.6) is 0 Å². The van der Waals surface area contributed by atoms with Gasteiger partial charge in [0.25, 0.3) is 0 Å². The molecular weight excluding hydrogens is 220 g/mol. The predicted molar refractivity (Wildman–Crippen MR) is 75.5 cm³/mol. The van der Waals surface area contributed by atoms with Gasteiger partial charge in [-0.1, -0.05) is 36.8 Å². The summed E-state index contributed by atoms with van der Waals surface area (Å²) in [4.78, 5) is 2.62. The van der Waals surface area contributed by atoms with E-state index in [1.165, 1.54) is 50.9 Å². The first-order valence-corrected chi connectivity index (χ1v) is 7.41. The number of hydrogen-bond donors (Lipinski definition) is 1. The van der Waals surface area contributed by atoms with Gasteiger partial charge in [-0.25, -0.2) is 0 Å². The number of fused-ring (bicyclic) bond motifs is 1. The van der Waals surface area contributed by atoms with E-state index < -0.39 is 0 Å². The van der Waals surface area contributed by atoms with Crippen LogP contribution in [0.15, 0.2) is 30.3 Å². The van der Waals surface area contributed by atoms with Crippen LogP contribution in [0.25, 0.3) is 0 Å². The Hall–Kier alpha value is -0.860. The van der Waals surface area contributed by atoms with Crippen molar-refractivity contribution in [2.45, 2.75) is 38.3 Å². The highest BCUT2D eigenvalue weighted by molar-refractivity contribution is 5.14. The summed E-state index contributed by atoms with van der Waals surface area (Å²) < 4.78 is 0. The summed E-state index contributed by atoms with van der Waals surface area (Å²) in [5, 5.41) is 3.76. The smallest absolute Gasteiger partial charge is 0.0234 e. The molecule has 2 fully saturated rings. The van der Waals surface area contributed by atoms with Crippen LogP contribution in [0, 0.1) is 5.92 Å². The van der Waals surface area contributed by atoms with Gasteiger partial charge in [-0.05, 0) is 43.8 Å². The Balaban J connectivity index is 1.59. The average molecular weight is 244 g/mol. The molecule has 2 saturated heterocycles. The molecule has 2 atom stereocenters. The third-order valence-electron chi connectivity index (χ3n) is 4.50. The van der Waals surface area contributed by atoms with Gasteiger partial charge in [0.15, 0.2) is 0 Å². The Bertz CT molecular complexity index is 363. The van der Waals surface area contributed by atoms with E-state index in [0.29, 0.717) is 0 Å². The fraction of sp³-hybridized carbons (Fsp3) is 0.625. The highest BCUT2D eigenvalue weighted by Gasteiger charge is 2.29. The second-order valence-corrected chi connectivity index (χ2v) is 5.83. The van der Waals surface area contributed by atoms with Crippen molar-refractivity contribution in [2.24, 2.45) is 5.92 Å². The molecule has 0 amide bonds. The minimum atomic E-state index is 0.741. The summed E-state index contributed by atoms with van der Waals surface area (Å²) in [7, 11) is 0. The van der Waals surface area contributed by atoms with Gasteiger partial charge in [-0.15, -0.1) is 0 Å². The van der Waals surface area contributed by atoms with Crippen molar-refractivity contribution in [3.8, 4) is 0 Å². The molecule has 2 heteroatoms. The van der Waals surface area contributed by atoms with Crippen molar-refractivity contribution in [1.29, 1.82) is 0 Å². The monoisotopic (exact) mass is 244 g/mol. The summed E-state index contributed by atoms with van der Waals surface area (Å²) >= 11 is 0. The Morgan fingerprint density at radius 2 is 2.00 bits per heavy atom. The highest BCUT2D eigenvalue weighted by atomic mass is 15.2. The quantitative estimate of drug-likeness (QED) is 0.860. The maximum absolute atomic E-state index is 3.76. The molecule has 1 N–H and O–H groups in total. The number of hydrogen-bond acceptors (Lipinski definition) is 2. The molecule has 2 aliphatic rings. The Kier molecular flexibility index (Phi) is 3.96. The lowest BCUT2D eigenvalue weighted by Gasteiger charge is -2.38. The molecule has 18 heavy (non-hydrogen) atoms. The van der Waals surface area contributed by atoms with Crippen LogP contribution in [-0.4, -0.2) is 30.6 Å². The van der Waals surface area contributed by atoms with Crippen LogP contribution in [0.3, 0.4) is 0 Å². The number of nitrogens with zero attached hydrogens (tertiary/aromatic N) is 1. The minimum Gasteiger partial charge on any atom is -0.312 e. The summed E-state index contributed by atoms with van der Waals surface area (Å²) in [6.07, 6.45) is 5.61. The molecule has 0 aromatic heterocycles. The van der Waals surface area contributed by atoms with E-state index in [4.69, 9.17) is 0 Å². The fourth-order valence-corrected chi connectivity index (χ4v) is 3.45. The van der Waals surface area contributed by atoms with E-state index in [0.717, 1.165) is 18.5 Å². The van der Waals surface area contributed by atoms with Gasteiger partial charge in [-0.2, -0.15) is 0 Å². The standard InChI is InChI=1S/C16H24N2/c1-2-6-14(7-3-1)12-18-11-9-15-8-4-5-10-17-16(15)13-18/h1-3,6-7,15-17H,4-5,8-13H2. The lowest BCUT2D eigenvalue weighted by molar-refractivity contribution is 0.136. The normalized spacial score (nSPS) is 29.6. The topological polar surface area (TPSA) is 15.3 Å². The van der Waals surface area contributed by atoms with Crippen LogP contribution in [0.1, 0.15) is 31.2 Å². The lowest BCUT2D eigenvalue weighted by atomic mass is 9.88. The second kappa shape index (κ2) is 5.85. The van der Waals surface area contributed by atoms with Gasteiger partial charge in [0.2, 0.25) is 0 Å². The van der Waals surface area contributed by atoms with Gasteiger partial charge < -0.3 is 5.32 Å². The van der Waals surface area contributed by atoms with Crippen molar-refractivity contribution in [2.75, 3.05) is 19.6 Å².